The molecular formula is C25H28O6. The second-order valence-corrected chi connectivity index (χ2v) is 8.34. The van der Waals surface area contributed by atoms with Gasteiger partial charge in [0, 0.05) is 30.2 Å². The summed E-state index contributed by atoms with van der Waals surface area (Å²) >= 11 is 0. The summed E-state index contributed by atoms with van der Waals surface area (Å²) in [6.45, 7) is 1.85. The molecule has 31 heavy (non-hydrogen) atoms. The Bertz CT molecular complexity index is 968. The minimum atomic E-state index is -0.399. The minimum Gasteiger partial charge on any atom is -0.489 e. The third-order valence-corrected chi connectivity index (χ3v) is 6.34. The van der Waals surface area contributed by atoms with Crippen LogP contribution in [-0.4, -0.2) is 43.0 Å². The highest BCUT2D eigenvalue weighted by molar-refractivity contribution is 5.89. The lowest BCUT2D eigenvalue weighted by Gasteiger charge is -2.22. The molecule has 1 aliphatic carbocycles. The molecule has 0 saturated heterocycles. The molecule has 4 rings (SSSR count). The lowest BCUT2D eigenvalue weighted by Crippen LogP contribution is -2.27. The molecule has 2 aliphatic rings. The Balaban J connectivity index is 1.48. The van der Waals surface area contributed by atoms with Crippen LogP contribution in [-0.2, 0) is 20.7 Å². The van der Waals surface area contributed by atoms with Crippen molar-refractivity contribution in [1.82, 2.24) is 0 Å². The van der Waals surface area contributed by atoms with Crippen molar-refractivity contribution in [1.29, 1.82) is 0 Å². The second-order valence-electron chi connectivity index (χ2n) is 8.34. The van der Waals surface area contributed by atoms with Gasteiger partial charge in [0.05, 0.1) is 19.3 Å². The number of aryl methyl sites for hydroxylation is 2. The van der Waals surface area contributed by atoms with E-state index in [-0.39, 0.29) is 36.5 Å². The van der Waals surface area contributed by atoms with Crippen LogP contribution < -0.4 is 4.74 Å². The van der Waals surface area contributed by atoms with Crippen LogP contribution in [0.5, 0.6) is 5.75 Å². The van der Waals surface area contributed by atoms with Crippen LogP contribution in [0, 0.1) is 12.8 Å². The zero-order valence-electron chi connectivity index (χ0n) is 17.9. The third-order valence-electron chi connectivity index (χ3n) is 6.34. The van der Waals surface area contributed by atoms with E-state index in [0.717, 1.165) is 22.4 Å². The number of rotatable bonds is 7. The van der Waals surface area contributed by atoms with Gasteiger partial charge in [-0.1, -0.05) is 35.9 Å². The highest BCUT2D eigenvalue weighted by atomic mass is 16.6. The first-order valence-corrected chi connectivity index (χ1v) is 10.8. The monoisotopic (exact) mass is 424 g/mol. The number of ether oxygens (including phenoxy) is 3. The predicted molar refractivity (Wildman–Crippen MR) is 114 cm³/mol. The van der Waals surface area contributed by atoms with Crippen LogP contribution in [0.3, 0.4) is 0 Å². The lowest BCUT2D eigenvalue weighted by molar-refractivity contribution is -0.140. The Labute approximate surface area is 182 Å². The highest BCUT2D eigenvalue weighted by Gasteiger charge is 2.51. The summed E-state index contributed by atoms with van der Waals surface area (Å²) in [4.78, 5) is 24.0. The molecule has 2 aromatic rings. The summed E-state index contributed by atoms with van der Waals surface area (Å²) in [7, 11) is 1.39. The van der Waals surface area contributed by atoms with Gasteiger partial charge in [-0.2, -0.15) is 0 Å². The number of benzene rings is 2. The van der Waals surface area contributed by atoms with Gasteiger partial charge in [0.1, 0.15) is 18.0 Å². The number of aliphatic hydroxyl groups is 1. The predicted octanol–water partition coefficient (Wildman–Crippen LogP) is 3.57. The number of aliphatic hydroxyl groups excluding tert-OH is 1. The molecule has 2 aromatic carbocycles. The second kappa shape index (κ2) is 9.10. The van der Waals surface area contributed by atoms with Gasteiger partial charge in [0.2, 0.25) is 0 Å². The topological polar surface area (TPSA) is 82.1 Å². The van der Waals surface area contributed by atoms with E-state index in [1.54, 1.807) is 12.1 Å². The van der Waals surface area contributed by atoms with Crippen molar-refractivity contribution in [3.05, 3.63) is 64.7 Å². The third kappa shape index (κ3) is 4.30. The van der Waals surface area contributed by atoms with Gasteiger partial charge >= 0.3 is 11.9 Å². The Hall–Kier alpha value is -2.86. The van der Waals surface area contributed by atoms with E-state index >= 15 is 0 Å². The Morgan fingerprint density at radius 2 is 2.00 bits per heavy atom. The number of hydrogen-bond donors (Lipinski definition) is 1. The van der Waals surface area contributed by atoms with Crippen molar-refractivity contribution in [2.24, 2.45) is 5.92 Å². The number of fused-ring (bicyclic) bond motifs is 3. The maximum Gasteiger partial charge on any atom is 0.338 e. The van der Waals surface area contributed by atoms with E-state index in [1.807, 2.05) is 37.3 Å². The molecule has 0 amide bonds. The summed E-state index contributed by atoms with van der Waals surface area (Å²) in [5.74, 6) is 0.0263. The quantitative estimate of drug-likeness (QED) is 0.685. The first kappa shape index (κ1) is 21.4. The van der Waals surface area contributed by atoms with E-state index < -0.39 is 6.10 Å². The van der Waals surface area contributed by atoms with Crippen molar-refractivity contribution in [3.63, 3.8) is 0 Å². The number of esters is 2. The van der Waals surface area contributed by atoms with Crippen LogP contribution in [0.1, 0.15) is 52.2 Å². The molecule has 0 radical (unpaired) electrons. The van der Waals surface area contributed by atoms with Crippen molar-refractivity contribution < 1.29 is 28.9 Å². The zero-order valence-corrected chi connectivity index (χ0v) is 17.9. The molecule has 1 saturated carbocycles. The number of para-hydroxylation sites is 1. The van der Waals surface area contributed by atoms with Crippen molar-refractivity contribution >= 4 is 11.9 Å². The fourth-order valence-corrected chi connectivity index (χ4v) is 4.84. The number of hydrogen-bond acceptors (Lipinski definition) is 6. The number of carbonyl (C=O) groups is 2. The summed E-state index contributed by atoms with van der Waals surface area (Å²) in [6.07, 6.45) is 1.77. The fraction of sp³-hybridized carbons (Fsp3) is 0.440. The van der Waals surface area contributed by atoms with Gasteiger partial charge in [-0.15, -0.1) is 0 Å². The van der Waals surface area contributed by atoms with E-state index in [4.69, 9.17) is 14.2 Å². The van der Waals surface area contributed by atoms with E-state index in [1.165, 1.54) is 7.11 Å². The van der Waals surface area contributed by atoms with Crippen LogP contribution in [0.25, 0.3) is 0 Å². The molecule has 164 valence electrons. The van der Waals surface area contributed by atoms with E-state index in [0.29, 0.717) is 31.2 Å². The summed E-state index contributed by atoms with van der Waals surface area (Å²) in [5, 5.41) is 10.1. The molecule has 6 nitrogen and oxygen atoms in total. The SMILES string of the molecule is COC(=O)CCCc1cccc2c1O[C@@H]1CC(OC(=O)c3cccc(C)c3)C(CO)[C@H]21. The molecule has 0 bridgehead atoms. The molecule has 4 atom stereocenters. The standard InChI is InChI=1S/C25H28O6/c1-15-6-3-9-17(12-15)25(28)31-20-13-21-23(19(20)14-26)18-10-4-7-16(24(18)30-21)8-5-11-22(27)29-2/h3-4,6-7,9-10,12,19-21,23,26H,5,8,11,13-14H2,1-2H3/t19?,20?,21-,23+/m1/s1. The summed E-state index contributed by atoms with van der Waals surface area (Å²) in [6, 6.07) is 13.3. The van der Waals surface area contributed by atoms with Gasteiger partial charge < -0.3 is 19.3 Å². The average Bonchev–Trinajstić information content (AvgIpc) is 3.29. The first-order valence-electron chi connectivity index (χ1n) is 10.8. The number of carbonyl (C=O) groups excluding carboxylic acids is 2. The van der Waals surface area contributed by atoms with Gasteiger partial charge in [0.15, 0.2) is 0 Å². The van der Waals surface area contributed by atoms with Crippen LogP contribution in [0.15, 0.2) is 42.5 Å². The molecule has 0 aromatic heterocycles. The molecule has 1 fully saturated rings. The van der Waals surface area contributed by atoms with Crippen LogP contribution >= 0.6 is 0 Å². The van der Waals surface area contributed by atoms with Crippen molar-refractivity contribution in [2.75, 3.05) is 13.7 Å². The average molecular weight is 424 g/mol. The van der Waals surface area contributed by atoms with Gasteiger partial charge in [0.25, 0.3) is 0 Å². The lowest BCUT2D eigenvalue weighted by atomic mass is 9.87. The smallest absolute Gasteiger partial charge is 0.338 e. The number of methoxy groups -OCH3 is 1. The van der Waals surface area contributed by atoms with Crippen LogP contribution in [0.2, 0.25) is 0 Å². The normalized spacial score (nSPS) is 23.6. The van der Waals surface area contributed by atoms with E-state index in [9.17, 15) is 14.7 Å². The van der Waals surface area contributed by atoms with Crippen LogP contribution in [0.4, 0.5) is 0 Å². The maximum atomic E-state index is 12.6. The Morgan fingerprint density at radius 3 is 2.74 bits per heavy atom. The highest BCUT2D eigenvalue weighted by Crippen LogP contribution is 2.52. The van der Waals surface area contributed by atoms with Gasteiger partial charge in [-0.25, -0.2) is 4.79 Å². The molecule has 6 heteroatoms. The molecule has 1 heterocycles. The molecule has 0 spiro atoms. The molecular weight excluding hydrogens is 396 g/mol. The minimum absolute atomic E-state index is 0.0177. The molecule has 1 N–H and O–H groups in total. The summed E-state index contributed by atoms with van der Waals surface area (Å²) < 4.78 is 16.8. The zero-order chi connectivity index (χ0) is 22.0. The van der Waals surface area contributed by atoms with Crippen molar-refractivity contribution in [2.45, 2.75) is 50.7 Å². The fourth-order valence-electron chi connectivity index (χ4n) is 4.84. The maximum absolute atomic E-state index is 12.6. The van der Waals surface area contributed by atoms with Gasteiger partial charge in [-0.3, -0.25) is 4.79 Å². The Morgan fingerprint density at radius 1 is 1.19 bits per heavy atom. The first-order chi connectivity index (χ1) is 15.0. The summed E-state index contributed by atoms with van der Waals surface area (Å²) in [5.41, 5.74) is 3.62. The molecule has 1 aliphatic heterocycles. The largest absolute Gasteiger partial charge is 0.489 e. The van der Waals surface area contributed by atoms with E-state index in [2.05, 4.69) is 0 Å². The Kier molecular flexibility index (Phi) is 6.28. The molecule has 2 unspecified atom stereocenters. The van der Waals surface area contributed by atoms with Crippen molar-refractivity contribution in [3.8, 4) is 5.75 Å². The van der Waals surface area contributed by atoms with Gasteiger partial charge in [-0.05, 0) is 37.5 Å².